The van der Waals surface area contributed by atoms with E-state index in [1.54, 1.807) is 6.07 Å². The summed E-state index contributed by atoms with van der Waals surface area (Å²) in [5, 5.41) is 10.6. The van der Waals surface area contributed by atoms with Crippen LogP contribution in [0, 0.1) is 28.8 Å². The van der Waals surface area contributed by atoms with E-state index in [-0.39, 0.29) is 17.8 Å². The highest BCUT2D eigenvalue weighted by atomic mass is 19.4. The minimum absolute atomic E-state index is 0.0195. The topological polar surface area (TPSA) is 62.1 Å². The lowest BCUT2D eigenvalue weighted by molar-refractivity contribution is -0.138. The molecule has 4 nitrogen and oxygen atoms in total. The largest absolute Gasteiger partial charge is 0.449 e. The number of alkyl halides is 3. The molecule has 0 aromatic heterocycles. The third-order valence-corrected chi connectivity index (χ3v) is 2.99. The quantitative estimate of drug-likeness (QED) is 0.785. The summed E-state index contributed by atoms with van der Waals surface area (Å²) in [6.07, 6.45) is -5.53. The van der Waals surface area contributed by atoms with Crippen LogP contribution in [0.4, 0.5) is 32.0 Å². The van der Waals surface area contributed by atoms with Crippen LogP contribution in [0.25, 0.3) is 0 Å². The van der Waals surface area contributed by atoms with Crippen molar-refractivity contribution in [2.24, 2.45) is 0 Å². The van der Waals surface area contributed by atoms with Gasteiger partial charge in [-0.25, -0.2) is 13.2 Å². The zero-order valence-electron chi connectivity index (χ0n) is 12.6. The highest BCUT2D eigenvalue weighted by Crippen LogP contribution is 2.37. The zero-order valence-corrected chi connectivity index (χ0v) is 12.6. The molecule has 2 aromatic rings. The number of hydrogen-bond acceptors (Lipinski definition) is 3. The summed E-state index contributed by atoms with van der Waals surface area (Å²) in [5.41, 5.74) is -1.80. The number of nitriles is 1. The van der Waals surface area contributed by atoms with Crippen LogP contribution < -0.4 is 10.1 Å². The minimum Gasteiger partial charge on any atom is -0.449 e. The summed E-state index contributed by atoms with van der Waals surface area (Å²) in [5.74, 6) is -6.82. The number of nitrogens with zero attached hydrogens (tertiary/aromatic N) is 1. The van der Waals surface area contributed by atoms with Crippen molar-refractivity contribution < 1.29 is 35.9 Å². The van der Waals surface area contributed by atoms with Gasteiger partial charge in [-0.15, -0.1) is 0 Å². The van der Waals surface area contributed by atoms with Crippen LogP contribution in [0.15, 0.2) is 30.3 Å². The molecule has 0 aliphatic rings. The van der Waals surface area contributed by atoms with Crippen molar-refractivity contribution in [1.29, 1.82) is 5.26 Å². The van der Waals surface area contributed by atoms with E-state index in [2.05, 4.69) is 5.32 Å². The lowest BCUT2D eigenvalue weighted by atomic mass is 10.2. The molecule has 0 radical (unpaired) electrons. The summed E-state index contributed by atoms with van der Waals surface area (Å²) in [6, 6.07) is 4.15. The van der Waals surface area contributed by atoms with E-state index >= 15 is 0 Å². The van der Waals surface area contributed by atoms with Gasteiger partial charge in [0.25, 0.3) is 0 Å². The lowest BCUT2D eigenvalue weighted by Crippen LogP contribution is -2.11. The van der Waals surface area contributed by atoms with Gasteiger partial charge < -0.3 is 10.1 Å². The minimum atomic E-state index is -4.98. The molecule has 0 saturated heterocycles. The highest BCUT2D eigenvalue weighted by Gasteiger charge is 2.33. The van der Waals surface area contributed by atoms with Crippen LogP contribution in [0.2, 0.25) is 0 Å². The van der Waals surface area contributed by atoms with Crippen LogP contribution in [-0.4, -0.2) is 5.91 Å². The van der Waals surface area contributed by atoms with Crippen molar-refractivity contribution in [3.05, 3.63) is 53.3 Å². The molecule has 26 heavy (non-hydrogen) atoms. The molecule has 0 aliphatic carbocycles. The number of carbonyl (C=O) groups excluding carboxylic acids is 1. The number of nitrogens with one attached hydrogen (secondary N) is 1. The molecule has 0 unspecified atom stereocenters. The van der Waals surface area contributed by atoms with Gasteiger partial charge in [0.05, 0.1) is 17.3 Å². The van der Waals surface area contributed by atoms with Crippen molar-refractivity contribution in [1.82, 2.24) is 0 Å². The van der Waals surface area contributed by atoms with E-state index in [1.165, 1.54) is 0 Å². The third kappa shape index (κ3) is 4.44. The number of carbonyl (C=O) groups is 1. The van der Waals surface area contributed by atoms with Gasteiger partial charge in [-0.3, -0.25) is 4.79 Å². The highest BCUT2D eigenvalue weighted by molar-refractivity contribution is 5.93. The summed E-state index contributed by atoms with van der Waals surface area (Å²) in [4.78, 5) is 11.4. The second kappa shape index (κ2) is 7.35. The van der Waals surface area contributed by atoms with Crippen LogP contribution in [0.3, 0.4) is 0 Å². The van der Waals surface area contributed by atoms with E-state index in [4.69, 9.17) is 10.00 Å². The van der Waals surface area contributed by atoms with Gasteiger partial charge in [-0.05, 0) is 24.3 Å². The van der Waals surface area contributed by atoms with Gasteiger partial charge in [0.1, 0.15) is 12.2 Å². The van der Waals surface area contributed by atoms with Crippen molar-refractivity contribution in [3.63, 3.8) is 0 Å². The Morgan fingerprint density at radius 1 is 1.12 bits per heavy atom. The molecule has 136 valence electrons. The third-order valence-electron chi connectivity index (χ3n) is 2.99. The summed E-state index contributed by atoms with van der Waals surface area (Å²) < 4.78 is 83.6. The molecular formula is C16H8F6N2O2. The molecule has 2 aromatic carbocycles. The first kappa shape index (κ1) is 19.1. The standard InChI is InChI=1S/C16H8F6N2O2/c17-9-1-2-12(24-14(25)3-4-23)13(7-9)26-15-10(18)5-8(6-11(15)19)16(20,21)22/h1-2,5-7H,3H2,(H,24,25). The van der Waals surface area contributed by atoms with Gasteiger partial charge in [-0.2, -0.15) is 18.4 Å². The molecule has 0 saturated carbocycles. The molecule has 0 bridgehead atoms. The Morgan fingerprint density at radius 3 is 2.27 bits per heavy atom. The second-order valence-corrected chi connectivity index (χ2v) is 4.89. The molecule has 0 spiro atoms. The van der Waals surface area contributed by atoms with E-state index in [0.717, 1.165) is 12.1 Å². The van der Waals surface area contributed by atoms with Crippen LogP contribution in [0.5, 0.6) is 11.5 Å². The van der Waals surface area contributed by atoms with E-state index < -0.39 is 53.0 Å². The van der Waals surface area contributed by atoms with E-state index in [1.807, 2.05) is 0 Å². The SMILES string of the molecule is N#CCC(=O)Nc1ccc(F)cc1Oc1c(F)cc(C(F)(F)F)cc1F. The first-order valence-electron chi connectivity index (χ1n) is 6.82. The number of benzene rings is 2. The number of anilines is 1. The first-order chi connectivity index (χ1) is 12.1. The van der Waals surface area contributed by atoms with Crippen molar-refractivity contribution in [2.45, 2.75) is 12.6 Å². The maximum absolute atomic E-state index is 13.9. The van der Waals surface area contributed by atoms with Gasteiger partial charge in [-0.1, -0.05) is 0 Å². The number of hydrogen-bond donors (Lipinski definition) is 1. The molecule has 10 heteroatoms. The van der Waals surface area contributed by atoms with Crippen molar-refractivity contribution in [3.8, 4) is 17.6 Å². The molecule has 0 heterocycles. The predicted octanol–water partition coefficient (Wildman–Crippen LogP) is 4.77. The molecule has 1 amide bonds. The fraction of sp³-hybridized carbons (Fsp3) is 0.125. The normalized spacial score (nSPS) is 11.0. The monoisotopic (exact) mass is 374 g/mol. The van der Waals surface area contributed by atoms with Crippen molar-refractivity contribution >= 4 is 11.6 Å². The Labute approximate surface area is 142 Å². The number of rotatable bonds is 4. The van der Waals surface area contributed by atoms with Crippen LogP contribution in [-0.2, 0) is 11.0 Å². The van der Waals surface area contributed by atoms with Gasteiger partial charge in [0, 0.05) is 6.07 Å². The summed E-state index contributed by atoms with van der Waals surface area (Å²) >= 11 is 0. The van der Waals surface area contributed by atoms with Gasteiger partial charge in [0.2, 0.25) is 5.91 Å². The second-order valence-electron chi connectivity index (χ2n) is 4.89. The van der Waals surface area contributed by atoms with E-state index in [9.17, 15) is 31.1 Å². The van der Waals surface area contributed by atoms with Gasteiger partial charge in [0.15, 0.2) is 23.1 Å². The smallest absolute Gasteiger partial charge is 0.416 e. The average Bonchev–Trinajstić information content (AvgIpc) is 2.52. The Morgan fingerprint density at radius 2 is 1.73 bits per heavy atom. The average molecular weight is 374 g/mol. The van der Waals surface area contributed by atoms with Crippen LogP contribution in [0.1, 0.15) is 12.0 Å². The number of halogens is 6. The predicted molar refractivity (Wildman–Crippen MR) is 76.7 cm³/mol. The van der Waals surface area contributed by atoms with Gasteiger partial charge >= 0.3 is 6.18 Å². The summed E-state index contributed by atoms with van der Waals surface area (Å²) in [6.45, 7) is 0. The Hall–Kier alpha value is -3.22. The molecule has 0 aliphatic heterocycles. The fourth-order valence-corrected chi connectivity index (χ4v) is 1.88. The Balaban J connectivity index is 2.41. The maximum Gasteiger partial charge on any atom is 0.416 e. The molecule has 0 fully saturated rings. The molecule has 1 N–H and O–H groups in total. The molecule has 2 rings (SSSR count). The fourth-order valence-electron chi connectivity index (χ4n) is 1.88. The molecule has 0 atom stereocenters. The molecular weight excluding hydrogens is 366 g/mol. The summed E-state index contributed by atoms with van der Waals surface area (Å²) in [7, 11) is 0. The lowest BCUT2D eigenvalue weighted by Gasteiger charge is -2.14. The first-order valence-corrected chi connectivity index (χ1v) is 6.82. The Bertz CT molecular complexity index is 866. The van der Waals surface area contributed by atoms with E-state index in [0.29, 0.717) is 6.07 Å². The van der Waals surface area contributed by atoms with Crippen LogP contribution >= 0.6 is 0 Å². The Kier molecular flexibility index (Phi) is 5.40. The number of ether oxygens (including phenoxy) is 1. The zero-order chi connectivity index (χ0) is 19.5. The number of amides is 1. The van der Waals surface area contributed by atoms with Crippen molar-refractivity contribution in [2.75, 3.05) is 5.32 Å². The maximum atomic E-state index is 13.9.